The summed E-state index contributed by atoms with van der Waals surface area (Å²) in [5.74, 6) is -0.865. The van der Waals surface area contributed by atoms with Gasteiger partial charge in [0.2, 0.25) is 0 Å². The van der Waals surface area contributed by atoms with Crippen LogP contribution in [0.1, 0.15) is 348 Å². The van der Waals surface area contributed by atoms with E-state index in [1.165, 1.54) is 218 Å². The Morgan fingerprint density at radius 2 is 0.500 bits per heavy atom. The van der Waals surface area contributed by atoms with Crippen LogP contribution in [0, 0.1) is 0 Å². The van der Waals surface area contributed by atoms with Gasteiger partial charge in [0.1, 0.15) is 13.2 Å². The molecule has 0 aliphatic heterocycles. The van der Waals surface area contributed by atoms with Crippen molar-refractivity contribution < 1.29 is 28.6 Å². The van der Waals surface area contributed by atoms with Crippen molar-refractivity contribution in [3.63, 3.8) is 0 Å². The Kier molecular flexibility index (Phi) is 63.7. The first-order valence-electron chi connectivity index (χ1n) is 33.9. The molecule has 0 aliphatic rings. The third kappa shape index (κ3) is 63.7. The van der Waals surface area contributed by atoms with E-state index in [9.17, 15) is 14.4 Å². The SMILES string of the molecule is CC/C=C\C/C=C\C/C=C\C/C=C\C/C=C\CCCCCCCCCCCCCCCCCC(=O)OCC(COC(=O)CCCCCCCC)OC(=O)CCCCCCCCCCCCC/C=C\CCCCCCCCCC. The van der Waals surface area contributed by atoms with Gasteiger partial charge in [0.05, 0.1) is 0 Å². The Balaban J connectivity index is 4.01. The number of ether oxygens (including phenoxy) is 3. The number of hydrogen-bond donors (Lipinski definition) is 0. The topological polar surface area (TPSA) is 78.9 Å². The molecule has 0 saturated heterocycles. The van der Waals surface area contributed by atoms with Gasteiger partial charge in [-0.15, -0.1) is 0 Å². The quantitative estimate of drug-likeness (QED) is 0.0261. The number of allylic oxidation sites excluding steroid dienone is 12. The fourth-order valence-corrected chi connectivity index (χ4v) is 9.88. The molecular formula is C72H128O6. The lowest BCUT2D eigenvalue weighted by Gasteiger charge is -2.18. The molecule has 0 spiro atoms. The molecule has 0 aromatic heterocycles. The Morgan fingerprint density at radius 1 is 0.269 bits per heavy atom. The van der Waals surface area contributed by atoms with Crippen molar-refractivity contribution in [2.24, 2.45) is 0 Å². The predicted octanol–water partition coefficient (Wildman–Crippen LogP) is 23.3. The van der Waals surface area contributed by atoms with Crippen molar-refractivity contribution in [1.29, 1.82) is 0 Å². The van der Waals surface area contributed by atoms with Crippen LogP contribution in [0.4, 0.5) is 0 Å². The van der Waals surface area contributed by atoms with Gasteiger partial charge in [-0.3, -0.25) is 14.4 Å². The zero-order valence-corrected chi connectivity index (χ0v) is 51.9. The van der Waals surface area contributed by atoms with Crippen molar-refractivity contribution in [2.45, 2.75) is 354 Å². The van der Waals surface area contributed by atoms with E-state index in [-0.39, 0.29) is 31.1 Å². The van der Waals surface area contributed by atoms with E-state index in [1.807, 2.05) is 0 Å². The zero-order valence-electron chi connectivity index (χ0n) is 51.9. The van der Waals surface area contributed by atoms with Gasteiger partial charge in [-0.25, -0.2) is 0 Å². The molecule has 0 aromatic rings. The van der Waals surface area contributed by atoms with Crippen molar-refractivity contribution in [3.8, 4) is 0 Å². The third-order valence-corrected chi connectivity index (χ3v) is 14.9. The summed E-state index contributed by atoms with van der Waals surface area (Å²) in [6.07, 6.45) is 86.8. The highest BCUT2D eigenvalue weighted by molar-refractivity contribution is 5.71. The zero-order chi connectivity index (χ0) is 56.4. The molecule has 0 fully saturated rings. The Morgan fingerprint density at radius 3 is 0.795 bits per heavy atom. The monoisotopic (exact) mass is 1090 g/mol. The largest absolute Gasteiger partial charge is 0.462 e. The second kappa shape index (κ2) is 66.4. The molecule has 6 heteroatoms. The second-order valence-corrected chi connectivity index (χ2v) is 22.7. The van der Waals surface area contributed by atoms with Crippen LogP contribution in [0.25, 0.3) is 0 Å². The molecule has 452 valence electrons. The molecule has 0 heterocycles. The van der Waals surface area contributed by atoms with Gasteiger partial charge in [-0.2, -0.15) is 0 Å². The van der Waals surface area contributed by atoms with Gasteiger partial charge >= 0.3 is 17.9 Å². The molecule has 0 aromatic carbocycles. The molecule has 1 atom stereocenters. The molecule has 0 amide bonds. The average Bonchev–Trinajstić information content (AvgIpc) is 3.44. The summed E-state index contributed by atoms with van der Waals surface area (Å²) < 4.78 is 16.8. The molecule has 78 heavy (non-hydrogen) atoms. The number of unbranched alkanes of at least 4 members (excludes halogenated alkanes) is 39. The van der Waals surface area contributed by atoms with Gasteiger partial charge in [-0.1, -0.05) is 312 Å². The maximum Gasteiger partial charge on any atom is 0.306 e. The number of esters is 3. The van der Waals surface area contributed by atoms with E-state index in [4.69, 9.17) is 14.2 Å². The highest BCUT2D eigenvalue weighted by Gasteiger charge is 2.19. The molecule has 0 N–H and O–H groups in total. The van der Waals surface area contributed by atoms with Gasteiger partial charge in [0.15, 0.2) is 6.10 Å². The van der Waals surface area contributed by atoms with Gasteiger partial charge in [-0.05, 0) is 89.9 Å². The normalized spacial score (nSPS) is 12.5. The molecular weight excluding hydrogens is 961 g/mol. The Bertz CT molecular complexity index is 1440. The van der Waals surface area contributed by atoms with E-state index in [1.54, 1.807) is 0 Å². The lowest BCUT2D eigenvalue weighted by molar-refractivity contribution is -0.167. The predicted molar refractivity (Wildman–Crippen MR) is 339 cm³/mol. The number of rotatable bonds is 62. The molecule has 0 aliphatic carbocycles. The summed E-state index contributed by atoms with van der Waals surface area (Å²) in [6, 6.07) is 0. The summed E-state index contributed by atoms with van der Waals surface area (Å²) in [4.78, 5) is 38.1. The highest BCUT2D eigenvalue weighted by atomic mass is 16.6. The van der Waals surface area contributed by atoms with E-state index < -0.39 is 6.10 Å². The fourth-order valence-electron chi connectivity index (χ4n) is 9.88. The van der Waals surface area contributed by atoms with Crippen molar-refractivity contribution in [2.75, 3.05) is 13.2 Å². The maximum absolute atomic E-state index is 12.9. The first-order valence-corrected chi connectivity index (χ1v) is 33.9. The van der Waals surface area contributed by atoms with Crippen LogP contribution in [0.5, 0.6) is 0 Å². The summed E-state index contributed by atoms with van der Waals surface area (Å²) in [6.45, 7) is 6.51. The first kappa shape index (κ1) is 74.8. The molecule has 0 saturated carbocycles. The van der Waals surface area contributed by atoms with Crippen molar-refractivity contribution >= 4 is 17.9 Å². The highest BCUT2D eigenvalue weighted by Crippen LogP contribution is 2.17. The van der Waals surface area contributed by atoms with E-state index in [2.05, 4.69) is 93.7 Å². The Labute approximate surface area is 484 Å². The van der Waals surface area contributed by atoms with Crippen LogP contribution >= 0.6 is 0 Å². The minimum Gasteiger partial charge on any atom is -0.462 e. The fraction of sp³-hybridized carbons (Fsp3) is 0.792. The third-order valence-electron chi connectivity index (χ3n) is 14.9. The van der Waals surface area contributed by atoms with E-state index in [0.29, 0.717) is 19.3 Å². The Hall–Kier alpha value is -3.15. The van der Waals surface area contributed by atoms with Crippen LogP contribution in [-0.2, 0) is 28.6 Å². The lowest BCUT2D eigenvalue weighted by Crippen LogP contribution is -2.30. The van der Waals surface area contributed by atoms with Gasteiger partial charge in [0, 0.05) is 19.3 Å². The summed E-state index contributed by atoms with van der Waals surface area (Å²) in [7, 11) is 0. The van der Waals surface area contributed by atoms with Gasteiger partial charge in [0.25, 0.3) is 0 Å². The van der Waals surface area contributed by atoms with Gasteiger partial charge < -0.3 is 14.2 Å². The van der Waals surface area contributed by atoms with Crippen LogP contribution in [0.3, 0.4) is 0 Å². The molecule has 0 radical (unpaired) electrons. The van der Waals surface area contributed by atoms with Crippen LogP contribution in [0.15, 0.2) is 72.9 Å². The van der Waals surface area contributed by atoms with Crippen LogP contribution < -0.4 is 0 Å². The first-order chi connectivity index (χ1) is 38.5. The van der Waals surface area contributed by atoms with Crippen LogP contribution in [0.2, 0.25) is 0 Å². The lowest BCUT2D eigenvalue weighted by atomic mass is 10.0. The van der Waals surface area contributed by atoms with E-state index >= 15 is 0 Å². The minimum absolute atomic E-state index is 0.0717. The van der Waals surface area contributed by atoms with Crippen LogP contribution in [-0.4, -0.2) is 37.2 Å². The second-order valence-electron chi connectivity index (χ2n) is 22.7. The number of carbonyl (C=O) groups excluding carboxylic acids is 3. The standard InChI is InChI=1S/C72H128O6/c1-4-7-10-13-16-18-20-22-24-26-28-30-32-33-34-35-36-37-38-39-41-42-44-46-48-50-52-54-56-59-62-65-71(74)77-68-69(67-76-70(73)64-61-58-15-12-9-6-3)78-72(75)66-63-60-57-55-53-51-49-47-45-43-40-31-29-27-25-23-21-19-17-14-11-8-5-2/h7,10,16,18,22,24,27-30,33-34,69H,4-6,8-9,11-15,17,19-21,23,25-26,31-32,35-68H2,1-3H3/b10-7-,18-16-,24-22-,29-27-,30-28-,34-33-. The van der Waals surface area contributed by atoms with Crippen molar-refractivity contribution in [3.05, 3.63) is 72.9 Å². The molecule has 1 unspecified atom stereocenters. The number of hydrogen-bond acceptors (Lipinski definition) is 6. The molecule has 0 rings (SSSR count). The smallest absolute Gasteiger partial charge is 0.306 e. The summed E-state index contributed by atoms with van der Waals surface area (Å²) >= 11 is 0. The minimum atomic E-state index is -0.771. The molecule has 6 nitrogen and oxygen atoms in total. The average molecular weight is 1090 g/mol. The molecule has 0 bridgehead atoms. The summed E-state index contributed by atoms with van der Waals surface area (Å²) in [5, 5.41) is 0. The summed E-state index contributed by atoms with van der Waals surface area (Å²) in [5.41, 5.74) is 0. The maximum atomic E-state index is 12.9. The van der Waals surface area contributed by atoms with Crippen molar-refractivity contribution in [1.82, 2.24) is 0 Å². The number of carbonyl (C=O) groups is 3. The van der Waals surface area contributed by atoms with E-state index in [0.717, 1.165) is 89.9 Å².